The fourth-order valence-electron chi connectivity index (χ4n) is 1.78. The average Bonchev–Trinajstić information content (AvgIpc) is 2.43. The lowest BCUT2D eigenvalue weighted by Gasteiger charge is -2.13. The fraction of sp³-hybridized carbons (Fsp3) is 0.214. The molecule has 1 heterocycles. The Kier molecular flexibility index (Phi) is 4.91. The van der Waals surface area contributed by atoms with Gasteiger partial charge in [-0.2, -0.15) is 0 Å². The molecular formula is C14H12BrClFNO. The molecule has 1 atom stereocenters. The van der Waals surface area contributed by atoms with Crippen molar-refractivity contribution in [3.63, 3.8) is 0 Å². The molecule has 1 aromatic heterocycles. The number of pyridine rings is 1. The van der Waals surface area contributed by atoms with Gasteiger partial charge in [0.15, 0.2) is 0 Å². The van der Waals surface area contributed by atoms with Crippen LogP contribution < -0.4 is 0 Å². The van der Waals surface area contributed by atoms with Crippen molar-refractivity contribution in [1.82, 2.24) is 4.98 Å². The highest BCUT2D eigenvalue weighted by Crippen LogP contribution is 2.31. The number of benzene rings is 1. The lowest BCUT2D eigenvalue weighted by atomic mass is 10.0. The molecule has 0 aliphatic heterocycles. The Balaban J connectivity index is 2.08. The van der Waals surface area contributed by atoms with Crippen molar-refractivity contribution in [1.29, 1.82) is 0 Å². The highest BCUT2D eigenvalue weighted by Gasteiger charge is 2.17. The molecule has 1 N–H and O–H groups in total. The van der Waals surface area contributed by atoms with E-state index in [0.29, 0.717) is 17.3 Å². The van der Waals surface area contributed by atoms with Crippen LogP contribution in [0.2, 0.25) is 5.02 Å². The quantitative estimate of drug-likeness (QED) is 0.839. The van der Waals surface area contributed by atoms with E-state index in [1.165, 1.54) is 6.07 Å². The second-order valence-corrected chi connectivity index (χ2v) is 5.37. The van der Waals surface area contributed by atoms with Gasteiger partial charge < -0.3 is 5.11 Å². The molecular weight excluding hydrogens is 333 g/mol. The number of aromatic nitrogens is 1. The van der Waals surface area contributed by atoms with Gasteiger partial charge in [0.25, 0.3) is 0 Å². The van der Waals surface area contributed by atoms with E-state index in [2.05, 4.69) is 20.9 Å². The molecule has 0 radical (unpaired) electrons. The molecule has 0 bridgehead atoms. The zero-order valence-corrected chi connectivity index (χ0v) is 12.3. The minimum Gasteiger partial charge on any atom is -0.388 e. The predicted molar refractivity (Wildman–Crippen MR) is 76.6 cm³/mol. The summed E-state index contributed by atoms with van der Waals surface area (Å²) in [5.74, 6) is -0.579. The third-order valence-corrected chi connectivity index (χ3v) is 4.08. The second-order valence-electron chi connectivity index (χ2n) is 4.14. The highest BCUT2D eigenvalue weighted by atomic mass is 79.9. The van der Waals surface area contributed by atoms with E-state index >= 15 is 0 Å². The Bertz CT molecular complexity index is 565. The van der Waals surface area contributed by atoms with Crippen LogP contribution in [0.15, 0.2) is 41.0 Å². The number of hydrogen-bond acceptors (Lipinski definition) is 2. The number of aliphatic hydroxyl groups excluding tert-OH is 1. The van der Waals surface area contributed by atoms with Crippen LogP contribution in [0.1, 0.15) is 23.8 Å². The molecule has 2 nitrogen and oxygen atoms in total. The van der Waals surface area contributed by atoms with E-state index in [1.807, 2.05) is 18.2 Å². The maximum atomic E-state index is 13.9. The molecule has 0 spiro atoms. The van der Waals surface area contributed by atoms with Crippen LogP contribution in [0.4, 0.5) is 4.39 Å². The maximum Gasteiger partial charge on any atom is 0.148 e. The predicted octanol–water partition coefficient (Wildman–Crippen LogP) is 4.30. The summed E-state index contributed by atoms with van der Waals surface area (Å²) in [5.41, 5.74) is 1.08. The van der Waals surface area contributed by atoms with E-state index in [4.69, 9.17) is 11.6 Å². The molecule has 5 heteroatoms. The van der Waals surface area contributed by atoms with Crippen molar-refractivity contribution in [2.24, 2.45) is 0 Å². The van der Waals surface area contributed by atoms with Gasteiger partial charge in [0.1, 0.15) is 5.82 Å². The minimum absolute atomic E-state index is 0.00520. The highest BCUT2D eigenvalue weighted by molar-refractivity contribution is 9.10. The van der Waals surface area contributed by atoms with Gasteiger partial charge in [-0.3, -0.25) is 4.98 Å². The Hall–Kier alpha value is -0.970. The van der Waals surface area contributed by atoms with Gasteiger partial charge in [0.2, 0.25) is 0 Å². The van der Waals surface area contributed by atoms with Crippen molar-refractivity contribution in [2.75, 3.05) is 0 Å². The zero-order valence-electron chi connectivity index (χ0n) is 9.98. The summed E-state index contributed by atoms with van der Waals surface area (Å²) in [4.78, 5) is 4.16. The van der Waals surface area contributed by atoms with Gasteiger partial charge in [0.05, 0.1) is 11.1 Å². The molecule has 0 aliphatic carbocycles. The number of rotatable bonds is 4. The Morgan fingerprint density at radius 3 is 2.79 bits per heavy atom. The van der Waals surface area contributed by atoms with Crippen LogP contribution in [-0.2, 0) is 6.42 Å². The van der Waals surface area contributed by atoms with Crippen LogP contribution in [-0.4, -0.2) is 10.1 Å². The van der Waals surface area contributed by atoms with E-state index in [0.717, 1.165) is 5.69 Å². The van der Waals surface area contributed by atoms with E-state index < -0.39 is 11.9 Å². The first kappa shape index (κ1) is 14.4. The largest absolute Gasteiger partial charge is 0.388 e. The molecule has 0 amide bonds. The van der Waals surface area contributed by atoms with Crippen molar-refractivity contribution in [2.45, 2.75) is 18.9 Å². The van der Waals surface area contributed by atoms with E-state index in [1.54, 1.807) is 12.3 Å². The smallest absolute Gasteiger partial charge is 0.148 e. The monoisotopic (exact) mass is 343 g/mol. The third-order valence-electron chi connectivity index (χ3n) is 2.82. The van der Waals surface area contributed by atoms with Crippen LogP contribution in [0.25, 0.3) is 0 Å². The molecule has 19 heavy (non-hydrogen) atoms. The maximum absolute atomic E-state index is 13.9. The molecule has 2 aromatic rings. The van der Waals surface area contributed by atoms with Crippen molar-refractivity contribution in [3.05, 3.63) is 63.1 Å². The van der Waals surface area contributed by atoms with Crippen molar-refractivity contribution in [3.8, 4) is 0 Å². The fourth-order valence-corrected chi connectivity index (χ4v) is 2.26. The lowest BCUT2D eigenvalue weighted by Crippen LogP contribution is -2.04. The summed E-state index contributed by atoms with van der Waals surface area (Å²) in [7, 11) is 0. The van der Waals surface area contributed by atoms with E-state index in [9.17, 15) is 9.50 Å². The van der Waals surface area contributed by atoms with Gasteiger partial charge >= 0.3 is 0 Å². The molecule has 0 fully saturated rings. The van der Waals surface area contributed by atoms with E-state index in [-0.39, 0.29) is 10.6 Å². The minimum atomic E-state index is -0.896. The van der Waals surface area contributed by atoms with Gasteiger partial charge in [-0.15, -0.1) is 0 Å². The first-order valence-electron chi connectivity index (χ1n) is 5.81. The topological polar surface area (TPSA) is 33.1 Å². The molecule has 1 aromatic carbocycles. The summed E-state index contributed by atoms with van der Waals surface area (Å²) in [5, 5.41) is 10.0. The number of aryl methyl sites for hydroxylation is 1. The van der Waals surface area contributed by atoms with Crippen LogP contribution >= 0.6 is 27.5 Å². The van der Waals surface area contributed by atoms with Gasteiger partial charge in [-0.25, -0.2) is 4.39 Å². The molecule has 0 saturated carbocycles. The number of halogens is 3. The van der Waals surface area contributed by atoms with Crippen molar-refractivity contribution < 1.29 is 9.50 Å². The Morgan fingerprint density at radius 2 is 2.11 bits per heavy atom. The number of hydrogen-bond donors (Lipinski definition) is 1. The van der Waals surface area contributed by atoms with Crippen LogP contribution in [0, 0.1) is 5.82 Å². The number of nitrogens with zero attached hydrogens (tertiary/aromatic N) is 1. The summed E-state index contributed by atoms with van der Waals surface area (Å²) >= 11 is 8.94. The molecule has 2 rings (SSSR count). The first-order valence-corrected chi connectivity index (χ1v) is 6.98. The molecule has 0 aliphatic rings. The third kappa shape index (κ3) is 3.53. The van der Waals surface area contributed by atoms with Crippen molar-refractivity contribution >= 4 is 27.5 Å². The van der Waals surface area contributed by atoms with Gasteiger partial charge in [0, 0.05) is 21.9 Å². The van der Waals surface area contributed by atoms with Crippen LogP contribution in [0.3, 0.4) is 0 Å². The summed E-state index contributed by atoms with van der Waals surface area (Å²) < 4.78 is 14.4. The lowest BCUT2D eigenvalue weighted by molar-refractivity contribution is 0.163. The second kappa shape index (κ2) is 6.46. The SMILES string of the molecule is OC(CCc1ccccn1)c1ccc(Br)c(Cl)c1F. The molecule has 100 valence electrons. The van der Waals surface area contributed by atoms with Crippen LogP contribution in [0.5, 0.6) is 0 Å². The Labute approximate surface area is 124 Å². The Morgan fingerprint density at radius 1 is 1.32 bits per heavy atom. The van der Waals surface area contributed by atoms with Gasteiger partial charge in [-0.05, 0) is 47.0 Å². The zero-order chi connectivity index (χ0) is 13.8. The summed E-state index contributed by atoms with van der Waals surface area (Å²) in [6.45, 7) is 0. The normalized spacial score (nSPS) is 12.4. The number of aliphatic hydroxyl groups is 1. The summed E-state index contributed by atoms with van der Waals surface area (Å²) in [6.07, 6.45) is 1.77. The standard InChI is InChI=1S/C14H12BrClFNO/c15-11-6-5-10(14(17)13(11)16)12(19)7-4-9-3-1-2-8-18-9/h1-3,5-6,8,12,19H,4,7H2. The van der Waals surface area contributed by atoms with Gasteiger partial charge in [-0.1, -0.05) is 23.7 Å². The average molecular weight is 345 g/mol. The first-order chi connectivity index (χ1) is 9.09. The molecule has 0 saturated heterocycles. The summed E-state index contributed by atoms with van der Waals surface area (Å²) in [6, 6.07) is 8.75. The molecule has 1 unspecified atom stereocenters.